The average Bonchev–Trinajstić information content (AvgIpc) is 3.22. The fraction of sp³-hybridized carbons (Fsp3) is 0.932. The van der Waals surface area contributed by atoms with Crippen molar-refractivity contribution in [2.45, 2.75) is 242 Å². The van der Waals surface area contributed by atoms with E-state index in [9.17, 15) is 45.6 Å². The van der Waals surface area contributed by atoms with Crippen molar-refractivity contribution in [2.24, 2.45) is 0 Å². The molecule has 0 radical (unpaired) electrons. The zero-order chi connectivity index (χ0) is 42.5. The smallest absolute Gasteiger partial charge is 0.220 e. The van der Waals surface area contributed by atoms with Crippen LogP contribution in [-0.2, 0) is 23.7 Å². The lowest BCUT2D eigenvalue weighted by Gasteiger charge is -2.46. The highest BCUT2D eigenvalue weighted by Crippen LogP contribution is 2.30. The van der Waals surface area contributed by atoms with Crippen LogP contribution in [0.4, 0.5) is 0 Å². The van der Waals surface area contributed by atoms with E-state index in [2.05, 4.69) is 19.2 Å². The molecule has 58 heavy (non-hydrogen) atoms. The molecule has 4 unspecified atom stereocenters. The van der Waals surface area contributed by atoms with Crippen LogP contribution in [0, 0.1) is 0 Å². The summed E-state index contributed by atoms with van der Waals surface area (Å²) in [7, 11) is 0. The quantitative estimate of drug-likeness (QED) is 0.0324. The van der Waals surface area contributed by atoms with E-state index < -0.39 is 86.8 Å². The summed E-state index contributed by atoms with van der Waals surface area (Å²) in [4.78, 5) is 13.0. The number of rotatable bonds is 34. The standard InChI is InChI=1S/C44H83NO13/c1-3-5-7-9-11-13-14-15-16-17-18-19-20-21-23-25-27-33(48)32(45-36(49)28-26-24-22-12-10-8-6-4-2)31-55-43-41(54)39(52)42(35(30-47)57-43)58-44-40(53)38(51)37(50)34(29-46)56-44/h25,27,32-35,37-44,46-48,50-54H,3-24,26,28-31H2,1-2H3,(H,45,49)/b27-25+/t32-,33+,34+,35+,37-,38?,39?,40?,41?,42+,43+,44-/m0/s1. The van der Waals surface area contributed by atoms with Crippen LogP contribution in [0.25, 0.3) is 0 Å². The second-order valence-corrected chi connectivity index (χ2v) is 16.5. The van der Waals surface area contributed by atoms with E-state index in [-0.39, 0.29) is 18.9 Å². The van der Waals surface area contributed by atoms with Gasteiger partial charge in [0.2, 0.25) is 5.91 Å². The SMILES string of the molecule is CCCCCCCCCCCCCCCC/C=C/[C@@H](O)[C@H](CO[C@@H]1O[C@H](CO)[C@@H](O[C@@H]2O[C@H](CO)[C@H](O)C(O)C2O)C(O)C1O)NC(=O)CCCCCCCCCC. The van der Waals surface area contributed by atoms with Gasteiger partial charge in [-0.2, -0.15) is 0 Å². The molecule has 9 N–H and O–H groups in total. The first-order valence-electron chi connectivity index (χ1n) is 22.9. The third kappa shape index (κ3) is 20.5. The Hall–Kier alpha value is -1.27. The summed E-state index contributed by atoms with van der Waals surface area (Å²) in [6.45, 7) is 2.73. The van der Waals surface area contributed by atoms with E-state index in [1.807, 2.05) is 6.08 Å². The van der Waals surface area contributed by atoms with Gasteiger partial charge in [-0.15, -0.1) is 0 Å². The van der Waals surface area contributed by atoms with Crippen molar-refractivity contribution in [3.8, 4) is 0 Å². The molecule has 2 rings (SSSR count). The lowest BCUT2D eigenvalue weighted by Crippen LogP contribution is -2.65. The Bertz CT molecular complexity index is 1040. The Morgan fingerprint density at radius 2 is 1.07 bits per heavy atom. The largest absolute Gasteiger partial charge is 0.394 e. The van der Waals surface area contributed by atoms with Crippen LogP contribution < -0.4 is 5.32 Å². The fourth-order valence-corrected chi connectivity index (χ4v) is 7.64. The van der Waals surface area contributed by atoms with Gasteiger partial charge in [-0.1, -0.05) is 154 Å². The molecule has 2 aliphatic heterocycles. The molecule has 2 saturated heterocycles. The molecule has 0 bridgehead atoms. The van der Waals surface area contributed by atoms with Gasteiger partial charge in [0.05, 0.1) is 32.0 Å². The first-order valence-corrected chi connectivity index (χ1v) is 22.9. The first kappa shape index (κ1) is 52.9. The summed E-state index contributed by atoms with van der Waals surface area (Å²) >= 11 is 0. The number of ether oxygens (including phenoxy) is 4. The van der Waals surface area contributed by atoms with Crippen molar-refractivity contribution in [2.75, 3.05) is 19.8 Å². The second kappa shape index (κ2) is 32.4. The topological polar surface area (TPSA) is 228 Å². The molecule has 0 aromatic carbocycles. The Morgan fingerprint density at radius 3 is 1.59 bits per heavy atom. The Labute approximate surface area is 348 Å². The highest BCUT2D eigenvalue weighted by Gasteiger charge is 2.50. The molecule has 0 spiro atoms. The molecule has 2 aliphatic rings. The maximum atomic E-state index is 13.0. The molecular formula is C44H83NO13. The van der Waals surface area contributed by atoms with Crippen molar-refractivity contribution < 1.29 is 64.6 Å². The van der Waals surface area contributed by atoms with Gasteiger partial charge in [0, 0.05) is 6.42 Å². The third-order valence-corrected chi connectivity index (χ3v) is 11.5. The third-order valence-electron chi connectivity index (χ3n) is 11.5. The fourth-order valence-electron chi connectivity index (χ4n) is 7.64. The van der Waals surface area contributed by atoms with E-state index in [0.29, 0.717) is 6.42 Å². The van der Waals surface area contributed by atoms with Gasteiger partial charge in [-0.25, -0.2) is 0 Å². The number of nitrogens with one attached hydrogen (secondary N) is 1. The second-order valence-electron chi connectivity index (χ2n) is 16.5. The molecule has 2 fully saturated rings. The molecule has 0 saturated carbocycles. The highest BCUT2D eigenvalue weighted by atomic mass is 16.7. The molecular weight excluding hydrogens is 750 g/mol. The predicted octanol–water partition coefficient (Wildman–Crippen LogP) is 4.43. The van der Waals surface area contributed by atoms with E-state index in [1.54, 1.807) is 6.08 Å². The maximum absolute atomic E-state index is 13.0. The van der Waals surface area contributed by atoms with E-state index in [4.69, 9.17) is 18.9 Å². The number of hydrogen-bond donors (Lipinski definition) is 9. The van der Waals surface area contributed by atoms with Crippen molar-refractivity contribution in [3.05, 3.63) is 12.2 Å². The predicted molar refractivity (Wildman–Crippen MR) is 222 cm³/mol. The zero-order valence-electron chi connectivity index (χ0n) is 35.8. The lowest BCUT2D eigenvalue weighted by molar-refractivity contribution is -0.359. The van der Waals surface area contributed by atoms with Gasteiger partial charge in [-0.05, 0) is 19.3 Å². The van der Waals surface area contributed by atoms with Crippen LogP contribution in [0.5, 0.6) is 0 Å². The first-order chi connectivity index (χ1) is 28.1. The van der Waals surface area contributed by atoms with Crippen LogP contribution in [0.3, 0.4) is 0 Å². The van der Waals surface area contributed by atoms with E-state index in [0.717, 1.165) is 38.5 Å². The van der Waals surface area contributed by atoms with Gasteiger partial charge in [0.1, 0.15) is 48.8 Å². The van der Waals surface area contributed by atoms with Gasteiger partial charge >= 0.3 is 0 Å². The normalized spacial score (nSPS) is 28.9. The minimum atomic E-state index is -1.78. The maximum Gasteiger partial charge on any atom is 0.220 e. The number of amides is 1. The van der Waals surface area contributed by atoms with Crippen molar-refractivity contribution in [1.82, 2.24) is 5.32 Å². The molecule has 0 aromatic rings. The minimum Gasteiger partial charge on any atom is -0.394 e. The van der Waals surface area contributed by atoms with Crippen molar-refractivity contribution in [1.29, 1.82) is 0 Å². The van der Waals surface area contributed by atoms with Crippen LogP contribution in [0.15, 0.2) is 12.2 Å². The number of carbonyl (C=O) groups is 1. The molecule has 14 nitrogen and oxygen atoms in total. The van der Waals surface area contributed by atoms with Crippen LogP contribution in [0.2, 0.25) is 0 Å². The molecule has 342 valence electrons. The highest BCUT2D eigenvalue weighted by molar-refractivity contribution is 5.76. The number of unbranched alkanes of at least 4 members (excludes halogenated alkanes) is 21. The number of hydrogen-bond acceptors (Lipinski definition) is 13. The van der Waals surface area contributed by atoms with Crippen molar-refractivity contribution >= 4 is 5.91 Å². The lowest BCUT2D eigenvalue weighted by atomic mass is 9.97. The van der Waals surface area contributed by atoms with Gasteiger partial charge < -0.3 is 65.1 Å². The molecule has 0 aromatic heterocycles. The van der Waals surface area contributed by atoms with Crippen molar-refractivity contribution in [3.63, 3.8) is 0 Å². The Kier molecular flexibility index (Phi) is 29.6. The summed E-state index contributed by atoms with van der Waals surface area (Å²) in [6.07, 6.45) is 14.2. The number of aliphatic hydroxyl groups excluding tert-OH is 8. The van der Waals surface area contributed by atoms with Crippen LogP contribution in [0.1, 0.15) is 168 Å². The van der Waals surface area contributed by atoms with Gasteiger partial charge in [0.25, 0.3) is 0 Å². The summed E-state index contributed by atoms with van der Waals surface area (Å²) in [5, 5.41) is 86.3. The summed E-state index contributed by atoms with van der Waals surface area (Å²) < 4.78 is 22.6. The zero-order valence-corrected chi connectivity index (χ0v) is 35.8. The Morgan fingerprint density at radius 1 is 0.603 bits per heavy atom. The van der Waals surface area contributed by atoms with Crippen LogP contribution in [-0.4, -0.2) is 140 Å². The minimum absolute atomic E-state index is 0.245. The number of aliphatic hydroxyl groups is 8. The average molecular weight is 834 g/mol. The summed E-state index contributed by atoms with van der Waals surface area (Å²) in [5.41, 5.74) is 0. The van der Waals surface area contributed by atoms with Gasteiger partial charge in [-0.3, -0.25) is 4.79 Å². The number of allylic oxidation sites excluding steroid dienone is 1. The molecule has 2 heterocycles. The van der Waals surface area contributed by atoms with E-state index >= 15 is 0 Å². The molecule has 12 atom stereocenters. The number of carbonyl (C=O) groups excluding carboxylic acids is 1. The Balaban J connectivity index is 1.88. The monoisotopic (exact) mass is 834 g/mol. The summed E-state index contributed by atoms with van der Waals surface area (Å²) in [6, 6.07) is -0.905. The molecule has 1 amide bonds. The van der Waals surface area contributed by atoms with Gasteiger partial charge in [0.15, 0.2) is 12.6 Å². The summed E-state index contributed by atoms with van der Waals surface area (Å²) in [5.74, 6) is -0.245. The van der Waals surface area contributed by atoms with E-state index in [1.165, 1.54) is 103 Å². The molecule has 14 heteroatoms. The molecule has 0 aliphatic carbocycles. The van der Waals surface area contributed by atoms with Crippen LogP contribution >= 0.6 is 0 Å².